The number of aromatic nitrogens is 1. The number of benzene rings is 2. The third kappa shape index (κ3) is 3.89. The van der Waals surface area contributed by atoms with Gasteiger partial charge >= 0.3 is 0 Å². The Morgan fingerprint density at radius 2 is 1.97 bits per heavy atom. The predicted octanol–water partition coefficient (Wildman–Crippen LogP) is 4.09. The number of nitrogens with zero attached hydrogens (tertiary/aromatic N) is 2. The van der Waals surface area contributed by atoms with E-state index in [4.69, 9.17) is 18.0 Å². The molecule has 1 aromatic heterocycles. The van der Waals surface area contributed by atoms with Crippen LogP contribution in [-0.2, 0) is 10.0 Å². The van der Waals surface area contributed by atoms with E-state index >= 15 is 0 Å². The first kappa shape index (κ1) is 21.0. The van der Waals surface area contributed by atoms with E-state index in [0.717, 1.165) is 23.1 Å². The lowest BCUT2D eigenvalue weighted by molar-refractivity contribution is 0.206. The van der Waals surface area contributed by atoms with E-state index in [2.05, 4.69) is 48.9 Å². The zero-order chi connectivity index (χ0) is 21.6. The van der Waals surface area contributed by atoms with E-state index in [9.17, 15) is 8.42 Å². The number of sulfonamides is 1. The summed E-state index contributed by atoms with van der Waals surface area (Å²) in [7, 11) is -3.16. The average Bonchev–Trinajstić information content (AvgIpc) is 3.05. The van der Waals surface area contributed by atoms with Crippen molar-refractivity contribution in [3.8, 4) is 11.1 Å². The fraction of sp³-hybridized carbons (Fsp3) is 0.348. The molecule has 0 bridgehead atoms. The van der Waals surface area contributed by atoms with Crippen LogP contribution in [0.15, 0.2) is 48.7 Å². The van der Waals surface area contributed by atoms with Gasteiger partial charge in [0.25, 0.3) is 0 Å². The number of rotatable bonds is 4. The normalized spacial score (nSPS) is 20.5. The van der Waals surface area contributed by atoms with Crippen molar-refractivity contribution in [1.29, 1.82) is 0 Å². The zero-order valence-corrected chi connectivity index (χ0v) is 19.1. The summed E-state index contributed by atoms with van der Waals surface area (Å²) in [4.78, 5) is 0.387. The van der Waals surface area contributed by atoms with Gasteiger partial charge in [0.1, 0.15) is 4.99 Å². The molecule has 4 rings (SSSR count). The molecule has 1 fully saturated rings. The van der Waals surface area contributed by atoms with Crippen molar-refractivity contribution in [1.82, 2.24) is 8.87 Å². The summed E-state index contributed by atoms with van der Waals surface area (Å²) < 4.78 is 28.0. The van der Waals surface area contributed by atoms with Crippen LogP contribution in [-0.4, -0.2) is 41.6 Å². The number of hydrogen-bond donors (Lipinski definition) is 1. The monoisotopic (exact) mass is 441 g/mol. The number of fused-ring (bicyclic) bond motifs is 1. The maximum atomic E-state index is 12.0. The van der Waals surface area contributed by atoms with Gasteiger partial charge < -0.3 is 10.3 Å². The predicted molar refractivity (Wildman–Crippen MR) is 127 cm³/mol. The summed E-state index contributed by atoms with van der Waals surface area (Å²) in [5.41, 5.74) is 11.3. The topological polar surface area (TPSA) is 68.3 Å². The van der Waals surface area contributed by atoms with E-state index in [-0.39, 0.29) is 12.0 Å². The second kappa shape index (κ2) is 7.80. The highest BCUT2D eigenvalue weighted by atomic mass is 32.2. The molecule has 2 N–H and O–H groups in total. The molecule has 0 amide bonds. The van der Waals surface area contributed by atoms with Crippen LogP contribution in [0, 0.1) is 12.8 Å². The van der Waals surface area contributed by atoms with E-state index in [1.54, 1.807) is 4.31 Å². The summed E-state index contributed by atoms with van der Waals surface area (Å²) in [6.45, 7) is 5.32. The molecule has 0 saturated carbocycles. The minimum absolute atomic E-state index is 0.209. The molecule has 30 heavy (non-hydrogen) atoms. The maximum Gasteiger partial charge on any atom is 0.211 e. The third-order valence-electron chi connectivity index (χ3n) is 6.10. The van der Waals surface area contributed by atoms with Gasteiger partial charge in [-0.2, -0.15) is 0 Å². The van der Waals surface area contributed by atoms with Crippen LogP contribution >= 0.6 is 12.2 Å². The van der Waals surface area contributed by atoms with Gasteiger partial charge in [0.15, 0.2) is 0 Å². The lowest BCUT2D eigenvalue weighted by atomic mass is 9.95. The van der Waals surface area contributed by atoms with E-state index in [1.807, 2.05) is 18.2 Å². The molecule has 2 unspecified atom stereocenters. The summed E-state index contributed by atoms with van der Waals surface area (Å²) in [6.07, 6.45) is 4.29. The van der Waals surface area contributed by atoms with Crippen molar-refractivity contribution in [2.45, 2.75) is 26.3 Å². The molecular formula is C23H27N3O2S2. The summed E-state index contributed by atoms with van der Waals surface area (Å²) in [5, 5.41) is 1.18. The van der Waals surface area contributed by atoms with Crippen LogP contribution in [0.5, 0.6) is 0 Å². The van der Waals surface area contributed by atoms with Crippen molar-refractivity contribution < 1.29 is 8.42 Å². The Bertz CT molecular complexity index is 1230. The summed E-state index contributed by atoms with van der Waals surface area (Å²) in [6, 6.07) is 14.8. The Morgan fingerprint density at radius 1 is 1.20 bits per heavy atom. The zero-order valence-electron chi connectivity index (χ0n) is 17.5. The van der Waals surface area contributed by atoms with Crippen molar-refractivity contribution >= 4 is 38.1 Å². The highest BCUT2D eigenvalue weighted by Gasteiger charge is 2.32. The first-order chi connectivity index (χ1) is 14.1. The molecule has 0 aliphatic carbocycles. The van der Waals surface area contributed by atoms with Crippen LogP contribution in [0.1, 0.15) is 30.5 Å². The van der Waals surface area contributed by atoms with Crippen LogP contribution in [0.25, 0.3) is 22.0 Å². The van der Waals surface area contributed by atoms with Crippen LogP contribution in [0.2, 0.25) is 0 Å². The van der Waals surface area contributed by atoms with Crippen molar-refractivity contribution in [2.75, 3.05) is 19.3 Å². The smallest absolute Gasteiger partial charge is 0.211 e. The van der Waals surface area contributed by atoms with Gasteiger partial charge in [0, 0.05) is 47.4 Å². The summed E-state index contributed by atoms with van der Waals surface area (Å²) in [5.74, 6) is 0.209. The Labute approximate surface area is 183 Å². The molecule has 7 heteroatoms. The molecule has 158 valence electrons. The van der Waals surface area contributed by atoms with Crippen molar-refractivity contribution in [2.24, 2.45) is 11.7 Å². The lowest BCUT2D eigenvalue weighted by Crippen LogP contribution is -2.42. The second-order valence-electron chi connectivity index (χ2n) is 8.37. The molecule has 2 atom stereocenters. The van der Waals surface area contributed by atoms with Gasteiger partial charge in [-0.15, -0.1) is 0 Å². The SMILES string of the molecule is Cc1ccc2c(-c3cccc(C(N)=S)c3)cn(C3CCN(S(C)(=O)=O)CC3C)c2c1. The molecule has 1 aliphatic heterocycles. The minimum atomic E-state index is -3.16. The fourth-order valence-electron chi connectivity index (χ4n) is 4.52. The number of aryl methyl sites for hydroxylation is 1. The first-order valence-electron chi connectivity index (χ1n) is 10.1. The Kier molecular flexibility index (Phi) is 5.46. The minimum Gasteiger partial charge on any atom is -0.389 e. The Balaban J connectivity index is 1.81. The number of piperidine rings is 1. The Hall–Kier alpha value is -2.22. The number of hydrogen-bond acceptors (Lipinski definition) is 3. The van der Waals surface area contributed by atoms with Crippen LogP contribution < -0.4 is 5.73 Å². The molecule has 0 radical (unpaired) electrons. The highest BCUT2D eigenvalue weighted by Crippen LogP contribution is 2.38. The molecule has 0 spiro atoms. The molecule has 2 heterocycles. The second-order valence-corrected chi connectivity index (χ2v) is 10.8. The highest BCUT2D eigenvalue weighted by molar-refractivity contribution is 7.88. The van der Waals surface area contributed by atoms with Gasteiger partial charge in [-0.05, 0) is 42.5 Å². The van der Waals surface area contributed by atoms with Gasteiger partial charge in [-0.25, -0.2) is 12.7 Å². The number of thiocarbonyl (C=S) groups is 1. The Morgan fingerprint density at radius 3 is 2.63 bits per heavy atom. The van der Waals surface area contributed by atoms with Gasteiger partial charge in [0.05, 0.1) is 6.26 Å². The molecular weight excluding hydrogens is 414 g/mol. The van der Waals surface area contributed by atoms with E-state index in [1.165, 1.54) is 22.7 Å². The molecule has 1 saturated heterocycles. The molecule has 1 aliphatic rings. The van der Waals surface area contributed by atoms with Crippen LogP contribution in [0.3, 0.4) is 0 Å². The van der Waals surface area contributed by atoms with E-state index < -0.39 is 10.0 Å². The molecule has 2 aromatic carbocycles. The molecule has 3 aromatic rings. The largest absolute Gasteiger partial charge is 0.389 e. The first-order valence-corrected chi connectivity index (χ1v) is 12.4. The number of nitrogens with two attached hydrogens (primary N) is 1. The van der Waals surface area contributed by atoms with Crippen LogP contribution in [0.4, 0.5) is 0 Å². The fourth-order valence-corrected chi connectivity index (χ4v) is 5.59. The molecule has 5 nitrogen and oxygen atoms in total. The van der Waals surface area contributed by atoms with Gasteiger partial charge in [-0.3, -0.25) is 0 Å². The third-order valence-corrected chi connectivity index (χ3v) is 7.60. The lowest BCUT2D eigenvalue weighted by Gasteiger charge is -2.36. The maximum absolute atomic E-state index is 12.0. The summed E-state index contributed by atoms with van der Waals surface area (Å²) >= 11 is 5.17. The van der Waals surface area contributed by atoms with Crippen molar-refractivity contribution in [3.63, 3.8) is 0 Å². The van der Waals surface area contributed by atoms with Gasteiger partial charge in [-0.1, -0.05) is 49.5 Å². The standard InChI is InChI=1S/C23H27N3O2S2/c1-15-7-8-19-20(17-5-4-6-18(12-17)23(24)29)14-26(22(19)11-15)21-9-10-25(13-16(21)2)30(3,27)28/h4-8,11-12,14,16,21H,9-10,13H2,1-3H3,(H2,24,29). The van der Waals surface area contributed by atoms with Crippen molar-refractivity contribution in [3.05, 3.63) is 59.8 Å². The average molecular weight is 442 g/mol. The van der Waals surface area contributed by atoms with E-state index in [0.29, 0.717) is 18.1 Å². The van der Waals surface area contributed by atoms with Gasteiger partial charge in [0.2, 0.25) is 10.0 Å². The quantitative estimate of drug-likeness (QED) is 0.619.